The predicted octanol–water partition coefficient (Wildman–Crippen LogP) is 1.34. The first-order valence-electron chi connectivity index (χ1n) is 6.79. The molecule has 0 radical (unpaired) electrons. The fraction of sp³-hybridized carbons (Fsp3) is 0.538. The van der Waals surface area contributed by atoms with E-state index in [4.69, 9.17) is 5.84 Å². The summed E-state index contributed by atoms with van der Waals surface area (Å²) in [4.78, 5) is 18.8. The van der Waals surface area contributed by atoms with E-state index in [0.717, 1.165) is 36.9 Å². The van der Waals surface area contributed by atoms with Crippen LogP contribution in [0.1, 0.15) is 30.1 Å². The van der Waals surface area contributed by atoms with E-state index in [1.807, 2.05) is 0 Å². The third kappa shape index (κ3) is 3.68. The number of nitrogens with zero attached hydrogens (tertiary/aromatic N) is 2. The number of piperidine rings is 1. The number of halogens is 1. The quantitative estimate of drug-likeness (QED) is 0.568. The number of likely N-dealkylation sites (N-methyl/N-ethyl adjacent to an activating group) is 1. The Balaban J connectivity index is 2.06. The number of anilines is 1. The van der Waals surface area contributed by atoms with Gasteiger partial charge in [0.1, 0.15) is 0 Å². The molecular weight excluding hydrogens is 322 g/mol. The minimum Gasteiger partial charge on any atom is -0.348 e. The summed E-state index contributed by atoms with van der Waals surface area (Å²) in [5, 5.41) is 3.06. The summed E-state index contributed by atoms with van der Waals surface area (Å²) in [5.74, 6) is 5.64. The van der Waals surface area contributed by atoms with Gasteiger partial charge in [-0.15, -0.1) is 0 Å². The zero-order valence-electron chi connectivity index (χ0n) is 11.5. The standard InChI is InChI=1S/C13H20BrN5O/c1-2-19-5-3-4-10(8-19)17-13(20)11-6-9(14)7-16-12(11)18-15/h6-7,10H,2-5,8,15H2,1H3,(H,16,18)(H,17,20). The first-order chi connectivity index (χ1) is 9.63. The number of likely N-dealkylation sites (tertiary alicyclic amines) is 1. The Bertz CT molecular complexity index is 482. The molecule has 0 bridgehead atoms. The van der Waals surface area contributed by atoms with E-state index in [0.29, 0.717) is 11.4 Å². The monoisotopic (exact) mass is 341 g/mol. The van der Waals surface area contributed by atoms with Crippen LogP contribution in [0.15, 0.2) is 16.7 Å². The highest BCUT2D eigenvalue weighted by Gasteiger charge is 2.22. The molecule has 7 heteroatoms. The van der Waals surface area contributed by atoms with Crippen LogP contribution < -0.4 is 16.6 Å². The lowest BCUT2D eigenvalue weighted by molar-refractivity contribution is 0.0906. The second kappa shape index (κ2) is 7.01. The van der Waals surface area contributed by atoms with Crippen molar-refractivity contribution in [3.63, 3.8) is 0 Å². The Labute approximate surface area is 127 Å². The molecule has 6 nitrogen and oxygen atoms in total. The molecular formula is C13H20BrN5O. The van der Waals surface area contributed by atoms with E-state index in [1.165, 1.54) is 0 Å². The SMILES string of the molecule is CCN1CCCC(NC(=O)c2cc(Br)cnc2NN)C1. The fourth-order valence-electron chi connectivity index (χ4n) is 2.45. The van der Waals surface area contributed by atoms with E-state index < -0.39 is 0 Å². The Morgan fingerprint density at radius 3 is 3.15 bits per heavy atom. The van der Waals surface area contributed by atoms with Crippen molar-refractivity contribution in [3.8, 4) is 0 Å². The number of nitrogen functional groups attached to an aromatic ring is 1. The molecule has 1 unspecified atom stereocenters. The van der Waals surface area contributed by atoms with Crippen molar-refractivity contribution in [2.45, 2.75) is 25.8 Å². The van der Waals surface area contributed by atoms with Crippen LogP contribution in [0.2, 0.25) is 0 Å². The van der Waals surface area contributed by atoms with Gasteiger partial charge in [-0.1, -0.05) is 6.92 Å². The van der Waals surface area contributed by atoms with Gasteiger partial charge in [0.2, 0.25) is 0 Å². The minimum atomic E-state index is -0.144. The van der Waals surface area contributed by atoms with Gasteiger partial charge >= 0.3 is 0 Å². The molecule has 1 amide bonds. The lowest BCUT2D eigenvalue weighted by Gasteiger charge is -2.32. The highest BCUT2D eigenvalue weighted by atomic mass is 79.9. The van der Waals surface area contributed by atoms with Crippen LogP contribution in [0.3, 0.4) is 0 Å². The number of rotatable bonds is 4. The second-order valence-corrected chi connectivity index (χ2v) is 5.82. The van der Waals surface area contributed by atoms with Crippen LogP contribution in [-0.2, 0) is 0 Å². The molecule has 0 spiro atoms. The van der Waals surface area contributed by atoms with E-state index in [-0.39, 0.29) is 11.9 Å². The van der Waals surface area contributed by atoms with Gasteiger partial charge in [-0.25, -0.2) is 10.8 Å². The van der Waals surface area contributed by atoms with E-state index in [1.54, 1.807) is 12.3 Å². The molecule has 20 heavy (non-hydrogen) atoms. The maximum atomic E-state index is 12.4. The van der Waals surface area contributed by atoms with Gasteiger partial charge in [-0.05, 0) is 47.9 Å². The Morgan fingerprint density at radius 2 is 2.45 bits per heavy atom. The molecule has 1 saturated heterocycles. The van der Waals surface area contributed by atoms with Crippen LogP contribution in [0.25, 0.3) is 0 Å². The van der Waals surface area contributed by atoms with E-state index in [9.17, 15) is 4.79 Å². The summed E-state index contributed by atoms with van der Waals surface area (Å²) in [6, 6.07) is 1.90. The smallest absolute Gasteiger partial charge is 0.255 e. The Hall–Kier alpha value is -1.18. The van der Waals surface area contributed by atoms with Gasteiger partial charge in [0.25, 0.3) is 5.91 Å². The highest BCUT2D eigenvalue weighted by Crippen LogP contribution is 2.18. The number of nitrogens with one attached hydrogen (secondary N) is 2. The Morgan fingerprint density at radius 1 is 1.65 bits per heavy atom. The summed E-state index contributed by atoms with van der Waals surface area (Å²) in [6.07, 6.45) is 3.72. The lowest BCUT2D eigenvalue weighted by atomic mass is 10.1. The number of hydrogen-bond donors (Lipinski definition) is 3. The molecule has 0 aliphatic carbocycles. The second-order valence-electron chi connectivity index (χ2n) is 4.90. The largest absolute Gasteiger partial charge is 0.348 e. The van der Waals surface area contributed by atoms with Crippen LogP contribution in [0.5, 0.6) is 0 Å². The third-order valence-corrected chi connectivity index (χ3v) is 3.96. The van der Waals surface area contributed by atoms with Gasteiger partial charge in [0.15, 0.2) is 5.82 Å². The topological polar surface area (TPSA) is 83.3 Å². The molecule has 110 valence electrons. The molecule has 2 rings (SSSR count). The summed E-state index contributed by atoms with van der Waals surface area (Å²) < 4.78 is 0.750. The molecule has 1 aliphatic heterocycles. The predicted molar refractivity (Wildman–Crippen MR) is 82.3 cm³/mol. The maximum Gasteiger partial charge on any atom is 0.255 e. The van der Waals surface area contributed by atoms with Crippen molar-refractivity contribution < 1.29 is 4.79 Å². The number of hydrogen-bond acceptors (Lipinski definition) is 5. The average molecular weight is 342 g/mol. The molecule has 0 saturated carbocycles. The lowest BCUT2D eigenvalue weighted by Crippen LogP contribution is -2.47. The summed E-state index contributed by atoms with van der Waals surface area (Å²) >= 11 is 3.32. The normalized spacial score (nSPS) is 19.6. The number of pyridine rings is 1. The van der Waals surface area contributed by atoms with E-state index >= 15 is 0 Å². The number of aromatic nitrogens is 1. The van der Waals surface area contributed by atoms with Gasteiger partial charge in [0, 0.05) is 23.3 Å². The van der Waals surface area contributed by atoms with Crippen molar-refractivity contribution in [2.75, 3.05) is 25.1 Å². The van der Waals surface area contributed by atoms with Gasteiger partial charge in [0.05, 0.1) is 5.56 Å². The zero-order chi connectivity index (χ0) is 14.5. The van der Waals surface area contributed by atoms with Crippen molar-refractivity contribution in [1.29, 1.82) is 0 Å². The van der Waals surface area contributed by atoms with Crippen molar-refractivity contribution in [1.82, 2.24) is 15.2 Å². The van der Waals surface area contributed by atoms with Crippen LogP contribution in [0.4, 0.5) is 5.82 Å². The molecule has 1 atom stereocenters. The fourth-order valence-corrected chi connectivity index (χ4v) is 2.78. The molecule has 1 fully saturated rings. The third-order valence-electron chi connectivity index (χ3n) is 3.52. The van der Waals surface area contributed by atoms with Gasteiger partial charge in [-0.2, -0.15) is 0 Å². The molecule has 1 aromatic heterocycles. The highest BCUT2D eigenvalue weighted by molar-refractivity contribution is 9.10. The molecule has 2 heterocycles. The van der Waals surface area contributed by atoms with Crippen LogP contribution in [0, 0.1) is 0 Å². The first-order valence-corrected chi connectivity index (χ1v) is 7.58. The van der Waals surface area contributed by atoms with Crippen LogP contribution in [-0.4, -0.2) is 41.5 Å². The van der Waals surface area contributed by atoms with Crippen molar-refractivity contribution >= 4 is 27.7 Å². The number of carbonyl (C=O) groups is 1. The summed E-state index contributed by atoms with van der Waals surface area (Å²) in [5.41, 5.74) is 2.91. The van der Waals surface area contributed by atoms with Crippen LogP contribution >= 0.6 is 15.9 Å². The van der Waals surface area contributed by atoms with Gasteiger partial charge < -0.3 is 15.6 Å². The number of nitrogens with two attached hydrogens (primary N) is 1. The molecule has 1 aromatic rings. The van der Waals surface area contributed by atoms with Crippen molar-refractivity contribution in [2.24, 2.45) is 5.84 Å². The summed E-state index contributed by atoms with van der Waals surface area (Å²) in [7, 11) is 0. The maximum absolute atomic E-state index is 12.4. The number of amides is 1. The minimum absolute atomic E-state index is 0.144. The average Bonchev–Trinajstić information content (AvgIpc) is 2.47. The number of carbonyl (C=O) groups excluding carboxylic acids is 1. The molecule has 1 aliphatic rings. The van der Waals surface area contributed by atoms with Crippen molar-refractivity contribution in [3.05, 3.63) is 22.3 Å². The first kappa shape index (κ1) is 15.2. The Kier molecular flexibility index (Phi) is 5.33. The zero-order valence-corrected chi connectivity index (χ0v) is 13.1. The summed E-state index contributed by atoms with van der Waals surface area (Å²) in [6.45, 7) is 5.16. The molecule has 0 aromatic carbocycles. The molecule has 4 N–H and O–H groups in total. The van der Waals surface area contributed by atoms with E-state index in [2.05, 4.69) is 43.5 Å². The van der Waals surface area contributed by atoms with Gasteiger partial charge in [-0.3, -0.25) is 4.79 Å². The number of hydrazine groups is 1.